The Labute approximate surface area is 105 Å². The van der Waals surface area contributed by atoms with Crippen molar-refractivity contribution in [1.82, 2.24) is 10.6 Å². The molecule has 1 aliphatic carbocycles. The molecule has 1 saturated heterocycles. The first-order valence-electron chi connectivity index (χ1n) is 7.32. The van der Waals surface area contributed by atoms with E-state index in [-0.39, 0.29) is 5.91 Å². The highest BCUT2D eigenvalue weighted by Gasteiger charge is 2.18. The molecule has 2 rings (SSSR count). The predicted octanol–water partition coefficient (Wildman–Crippen LogP) is 2.07. The van der Waals surface area contributed by atoms with Crippen molar-refractivity contribution in [3.8, 4) is 0 Å². The topological polar surface area (TPSA) is 41.1 Å². The Morgan fingerprint density at radius 2 is 1.82 bits per heavy atom. The number of carbonyl (C=O) groups excluding carboxylic acids is 1. The lowest BCUT2D eigenvalue weighted by Gasteiger charge is -2.24. The van der Waals surface area contributed by atoms with E-state index >= 15 is 0 Å². The average Bonchev–Trinajstić information content (AvgIpc) is 2.39. The van der Waals surface area contributed by atoms with Gasteiger partial charge in [-0.3, -0.25) is 4.79 Å². The Kier molecular flexibility index (Phi) is 5.30. The molecule has 2 N–H and O–H groups in total. The van der Waals surface area contributed by atoms with Crippen LogP contribution in [-0.2, 0) is 4.79 Å². The van der Waals surface area contributed by atoms with E-state index in [1.165, 1.54) is 44.9 Å². The summed E-state index contributed by atoms with van der Waals surface area (Å²) in [6, 6.07) is 0. The third kappa shape index (κ3) is 4.66. The monoisotopic (exact) mass is 238 g/mol. The van der Waals surface area contributed by atoms with E-state index in [0.29, 0.717) is 5.92 Å². The average molecular weight is 238 g/mol. The van der Waals surface area contributed by atoms with Crippen LogP contribution in [0.15, 0.2) is 0 Å². The molecule has 1 aliphatic heterocycles. The molecule has 0 radical (unpaired) electrons. The van der Waals surface area contributed by atoms with Crippen molar-refractivity contribution < 1.29 is 4.79 Å². The van der Waals surface area contributed by atoms with Gasteiger partial charge in [0, 0.05) is 13.0 Å². The number of nitrogens with one attached hydrogen (secondary N) is 2. The summed E-state index contributed by atoms with van der Waals surface area (Å²) in [6.07, 6.45) is 9.87. The molecule has 1 atom stereocenters. The zero-order chi connectivity index (χ0) is 11.9. The third-order valence-corrected chi connectivity index (χ3v) is 4.19. The highest BCUT2D eigenvalue weighted by atomic mass is 16.1. The molecule has 0 aromatic rings. The van der Waals surface area contributed by atoms with E-state index in [1.807, 2.05) is 0 Å². The molecule has 0 aromatic carbocycles. The van der Waals surface area contributed by atoms with E-state index in [4.69, 9.17) is 0 Å². The number of rotatable bonds is 4. The predicted molar refractivity (Wildman–Crippen MR) is 69.8 cm³/mol. The molecule has 98 valence electrons. The minimum atomic E-state index is 0.268. The van der Waals surface area contributed by atoms with Crippen LogP contribution in [0.4, 0.5) is 0 Å². The molecule has 0 bridgehead atoms. The molecule has 1 heterocycles. The largest absolute Gasteiger partial charge is 0.356 e. The molecular formula is C14H26N2O. The SMILES string of the molecule is O=C(CC1CCCNC1)NCC1CCCCC1. The lowest BCUT2D eigenvalue weighted by molar-refractivity contribution is -0.122. The van der Waals surface area contributed by atoms with Gasteiger partial charge in [0.1, 0.15) is 0 Å². The zero-order valence-electron chi connectivity index (χ0n) is 10.8. The minimum absolute atomic E-state index is 0.268. The first-order chi connectivity index (χ1) is 8.34. The van der Waals surface area contributed by atoms with Gasteiger partial charge in [0.25, 0.3) is 0 Å². The van der Waals surface area contributed by atoms with Gasteiger partial charge in [0.15, 0.2) is 0 Å². The van der Waals surface area contributed by atoms with E-state index < -0.39 is 0 Å². The molecule has 0 aromatic heterocycles. The van der Waals surface area contributed by atoms with Crippen LogP contribution in [-0.4, -0.2) is 25.5 Å². The lowest BCUT2D eigenvalue weighted by atomic mass is 9.89. The second-order valence-corrected chi connectivity index (χ2v) is 5.72. The Bertz CT molecular complexity index is 230. The fraction of sp³-hybridized carbons (Fsp3) is 0.929. The summed E-state index contributed by atoms with van der Waals surface area (Å²) in [6.45, 7) is 3.07. The summed E-state index contributed by atoms with van der Waals surface area (Å²) in [4.78, 5) is 11.8. The van der Waals surface area contributed by atoms with Crippen molar-refractivity contribution >= 4 is 5.91 Å². The second kappa shape index (κ2) is 7.00. The van der Waals surface area contributed by atoms with Crippen molar-refractivity contribution in [2.45, 2.75) is 51.4 Å². The standard InChI is InChI=1S/C14H26N2O/c17-14(9-13-7-4-8-15-10-13)16-11-12-5-2-1-3-6-12/h12-13,15H,1-11H2,(H,16,17). The number of piperidine rings is 1. The summed E-state index contributed by atoms with van der Waals surface area (Å²) >= 11 is 0. The third-order valence-electron chi connectivity index (χ3n) is 4.19. The molecule has 1 amide bonds. The van der Waals surface area contributed by atoms with Crippen molar-refractivity contribution in [2.24, 2.45) is 11.8 Å². The van der Waals surface area contributed by atoms with Crippen molar-refractivity contribution in [2.75, 3.05) is 19.6 Å². The maximum atomic E-state index is 11.8. The van der Waals surface area contributed by atoms with Gasteiger partial charge in [-0.05, 0) is 50.6 Å². The molecule has 1 unspecified atom stereocenters. The Morgan fingerprint density at radius 1 is 1.06 bits per heavy atom. The van der Waals surface area contributed by atoms with Crippen LogP contribution in [0.1, 0.15) is 51.4 Å². The first kappa shape index (κ1) is 12.9. The molecule has 2 fully saturated rings. The van der Waals surface area contributed by atoms with Crippen LogP contribution in [0.2, 0.25) is 0 Å². The van der Waals surface area contributed by atoms with Crippen LogP contribution in [0.25, 0.3) is 0 Å². The Morgan fingerprint density at radius 3 is 2.53 bits per heavy atom. The summed E-state index contributed by atoms with van der Waals surface area (Å²) in [5, 5.41) is 6.50. The maximum Gasteiger partial charge on any atom is 0.220 e. The molecule has 17 heavy (non-hydrogen) atoms. The smallest absolute Gasteiger partial charge is 0.220 e. The van der Waals surface area contributed by atoms with E-state index in [2.05, 4.69) is 10.6 Å². The van der Waals surface area contributed by atoms with Gasteiger partial charge < -0.3 is 10.6 Å². The lowest BCUT2D eigenvalue weighted by Crippen LogP contribution is -2.36. The Balaban J connectivity index is 1.59. The highest BCUT2D eigenvalue weighted by molar-refractivity contribution is 5.76. The van der Waals surface area contributed by atoms with Gasteiger partial charge >= 0.3 is 0 Å². The van der Waals surface area contributed by atoms with Crippen molar-refractivity contribution in [1.29, 1.82) is 0 Å². The fourth-order valence-corrected chi connectivity index (χ4v) is 3.08. The van der Waals surface area contributed by atoms with Gasteiger partial charge in [-0.25, -0.2) is 0 Å². The van der Waals surface area contributed by atoms with Crippen molar-refractivity contribution in [3.05, 3.63) is 0 Å². The van der Waals surface area contributed by atoms with E-state index in [0.717, 1.165) is 32.0 Å². The number of hydrogen-bond donors (Lipinski definition) is 2. The maximum absolute atomic E-state index is 11.8. The zero-order valence-corrected chi connectivity index (χ0v) is 10.8. The van der Waals surface area contributed by atoms with Crippen LogP contribution >= 0.6 is 0 Å². The molecular weight excluding hydrogens is 212 g/mol. The second-order valence-electron chi connectivity index (χ2n) is 5.72. The summed E-state index contributed by atoms with van der Waals surface area (Å²) < 4.78 is 0. The summed E-state index contributed by atoms with van der Waals surface area (Å²) in [5.74, 6) is 1.58. The molecule has 0 spiro atoms. The summed E-state index contributed by atoms with van der Waals surface area (Å²) in [5.41, 5.74) is 0. The van der Waals surface area contributed by atoms with Gasteiger partial charge in [0.05, 0.1) is 0 Å². The fourth-order valence-electron chi connectivity index (χ4n) is 3.08. The summed E-state index contributed by atoms with van der Waals surface area (Å²) in [7, 11) is 0. The van der Waals surface area contributed by atoms with Crippen LogP contribution in [0.3, 0.4) is 0 Å². The van der Waals surface area contributed by atoms with Crippen LogP contribution in [0, 0.1) is 11.8 Å². The number of carbonyl (C=O) groups is 1. The van der Waals surface area contributed by atoms with E-state index in [1.54, 1.807) is 0 Å². The van der Waals surface area contributed by atoms with E-state index in [9.17, 15) is 4.79 Å². The molecule has 3 heteroatoms. The van der Waals surface area contributed by atoms with Crippen LogP contribution < -0.4 is 10.6 Å². The molecule has 3 nitrogen and oxygen atoms in total. The van der Waals surface area contributed by atoms with Gasteiger partial charge in [-0.2, -0.15) is 0 Å². The van der Waals surface area contributed by atoms with Gasteiger partial charge in [0.2, 0.25) is 5.91 Å². The normalized spacial score (nSPS) is 26.7. The first-order valence-corrected chi connectivity index (χ1v) is 7.32. The number of amides is 1. The molecule has 2 aliphatic rings. The highest BCUT2D eigenvalue weighted by Crippen LogP contribution is 2.22. The Hall–Kier alpha value is -0.570. The molecule has 1 saturated carbocycles. The minimum Gasteiger partial charge on any atom is -0.356 e. The van der Waals surface area contributed by atoms with Crippen LogP contribution in [0.5, 0.6) is 0 Å². The quantitative estimate of drug-likeness (QED) is 0.787. The van der Waals surface area contributed by atoms with Gasteiger partial charge in [-0.15, -0.1) is 0 Å². The van der Waals surface area contributed by atoms with Gasteiger partial charge in [-0.1, -0.05) is 19.3 Å². The van der Waals surface area contributed by atoms with Crippen molar-refractivity contribution in [3.63, 3.8) is 0 Å². The number of hydrogen-bond acceptors (Lipinski definition) is 2.